The van der Waals surface area contributed by atoms with Gasteiger partial charge in [-0.05, 0) is 111 Å². The second-order valence-corrected chi connectivity index (χ2v) is 12.2. The van der Waals surface area contributed by atoms with Crippen LogP contribution < -0.4 is 28.2 Å². The Kier molecular flexibility index (Phi) is 11.4. The van der Waals surface area contributed by atoms with Gasteiger partial charge in [0.05, 0.1) is 16.4 Å². The van der Waals surface area contributed by atoms with Gasteiger partial charge in [-0.1, -0.05) is 23.7 Å². The minimum atomic E-state index is -0.525. The van der Waals surface area contributed by atoms with Crippen molar-refractivity contribution in [1.29, 1.82) is 0 Å². The summed E-state index contributed by atoms with van der Waals surface area (Å²) in [7, 11) is 0. The van der Waals surface area contributed by atoms with Crippen LogP contribution in [0.5, 0.6) is 0 Å². The highest BCUT2D eigenvalue weighted by Crippen LogP contribution is 2.31. The molecule has 2 aromatic carbocycles. The first-order valence-electron chi connectivity index (χ1n) is 15.8. The van der Waals surface area contributed by atoms with Crippen molar-refractivity contribution < 1.29 is 4.39 Å². The number of guanidine groups is 1. The zero-order chi connectivity index (χ0) is 33.3. The molecule has 0 amide bonds. The number of aromatic nitrogens is 4. The minimum absolute atomic E-state index is 0.0481. The topological polar surface area (TPSA) is 166 Å². The minimum Gasteiger partial charge on any atom is -0.370 e. The third-order valence-corrected chi connectivity index (χ3v) is 8.35. The number of hydrogen-bond donors (Lipinski definition) is 5. The smallest absolute Gasteiger partial charge is 0.354 e. The fourth-order valence-electron chi connectivity index (χ4n) is 5.62. The van der Waals surface area contributed by atoms with Crippen molar-refractivity contribution in [1.82, 2.24) is 24.8 Å². The number of pyridine rings is 1. The zero-order valence-electron chi connectivity index (χ0n) is 26.4. The van der Waals surface area contributed by atoms with Crippen LogP contribution in [0.25, 0.3) is 28.0 Å². The number of benzene rings is 2. The van der Waals surface area contributed by atoms with Crippen LogP contribution in [0.4, 0.5) is 4.39 Å². The second kappa shape index (κ2) is 15.8. The Hall–Kier alpha value is -4.58. The number of nitrogens with zero attached hydrogens (tertiary/aromatic N) is 4. The summed E-state index contributed by atoms with van der Waals surface area (Å²) < 4.78 is 16.7. The van der Waals surface area contributed by atoms with Crippen molar-refractivity contribution in [2.24, 2.45) is 22.2 Å². The van der Waals surface area contributed by atoms with Gasteiger partial charge in [-0.3, -0.25) is 14.5 Å². The lowest BCUT2D eigenvalue weighted by Crippen LogP contribution is -2.25. The lowest BCUT2D eigenvalue weighted by atomic mass is 9.99. The molecule has 5 rings (SSSR count). The Morgan fingerprint density at radius 1 is 1.04 bits per heavy atom. The normalized spacial score (nSPS) is 12.7. The molecule has 0 aliphatic heterocycles. The molecule has 8 N–H and O–H groups in total. The van der Waals surface area contributed by atoms with E-state index in [1.54, 1.807) is 36.8 Å². The Bertz CT molecular complexity index is 1870. The first kappa shape index (κ1) is 33.8. The number of nitrogens with two attached hydrogens (primary N) is 3. The molecule has 3 heterocycles. The van der Waals surface area contributed by atoms with Gasteiger partial charge in [0.2, 0.25) is 0 Å². The largest absolute Gasteiger partial charge is 0.370 e. The van der Waals surface area contributed by atoms with Crippen molar-refractivity contribution in [3.05, 3.63) is 111 Å². The van der Waals surface area contributed by atoms with Gasteiger partial charge in [-0.2, -0.15) is 4.98 Å². The van der Waals surface area contributed by atoms with Gasteiger partial charge in [-0.25, -0.2) is 9.18 Å². The van der Waals surface area contributed by atoms with E-state index in [2.05, 4.69) is 25.3 Å². The van der Waals surface area contributed by atoms with Crippen LogP contribution in [0.15, 0.2) is 83.0 Å². The van der Waals surface area contributed by atoms with Crippen LogP contribution in [0, 0.1) is 5.82 Å². The highest BCUT2D eigenvalue weighted by molar-refractivity contribution is 6.31. The van der Waals surface area contributed by atoms with Crippen LogP contribution in [0.3, 0.4) is 0 Å². The van der Waals surface area contributed by atoms with E-state index in [4.69, 9.17) is 28.8 Å². The number of aryl methyl sites for hydroxylation is 2. The summed E-state index contributed by atoms with van der Waals surface area (Å²) in [6, 6.07) is 17.3. The van der Waals surface area contributed by atoms with E-state index in [0.717, 1.165) is 56.2 Å². The second-order valence-electron chi connectivity index (χ2n) is 11.8. The van der Waals surface area contributed by atoms with Gasteiger partial charge >= 0.3 is 5.69 Å². The van der Waals surface area contributed by atoms with E-state index in [-0.39, 0.29) is 23.1 Å². The summed E-state index contributed by atoms with van der Waals surface area (Å²) in [6.07, 6.45) is 10.3. The van der Waals surface area contributed by atoms with Crippen LogP contribution in [-0.2, 0) is 12.8 Å². The molecule has 0 aliphatic carbocycles. The quantitative estimate of drug-likeness (QED) is 0.0589. The highest BCUT2D eigenvalue weighted by atomic mass is 35.5. The molecule has 0 fully saturated rings. The lowest BCUT2D eigenvalue weighted by molar-refractivity contribution is 0.494. The molecule has 2 atom stereocenters. The van der Waals surface area contributed by atoms with Crippen molar-refractivity contribution in [3.63, 3.8) is 0 Å². The molecule has 246 valence electrons. The molecule has 0 bridgehead atoms. The highest BCUT2D eigenvalue weighted by Gasteiger charge is 2.16. The number of hydrogen-bond acceptors (Lipinski definition) is 6. The summed E-state index contributed by atoms with van der Waals surface area (Å²) in [4.78, 5) is 28.7. The Balaban J connectivity index is 1.37. The fourth-order valence-corrected chi connectivity index (χ4v) is 5.86. The van der Waals surface area contributed by atoms with Crippen molar-refractivity contribution >= 4 is 28.6 Å². The van der Waals surface area contributed by atoms with Gasteiger partial charge in [0.25, 0.3) is 0 Å². The third kappa shape index (κ3) is 9.03. The van der Waals surface area contributed by atoms with Crippen LogP contribution >= 0.6 is 11.6 Å². The van der Waals surface area contributed by atoms with Gasteiger partial charge in [0.15, 0.2) is 11.8 Å². The first-order chi connectivity index (χ1) is 22.7. The maximum absolute atomic E-state index is 15.2. The molecule has 3 aromatic heterocycles. The van der Waals surface area contributed by atoms with Crippen molar-refractivity contribution in [3.8, 4) is 16.9 Å². The average molecular weight is 658 g/mol. The van der Waals surface area contributed by atoms with Crippen LogP contribution in [0.1, 0.15) is 55.3 Å². The van der Waals surface area contributed by atoms with E-state index in [1.165, 1.54) is 10.1 Å². The van der Waals surface area contributed by atoms with E-state index < -0.39 is 11.5 Å². The van der Waals surface area contributed by atoms with Gasteiger partial charge < -0.3 is 27.5 Å². The molecular formula is C35H41ClFN9O. The Labute approximate surface area is 278 Å². The van der Waals surface area contributed by atoms with E-state index >= 15 is 4.39 Å². The van der Waals surface area contributed by atoms with Crippen molar-refractivity contribution in [2.45, 2.75) is 57.5 Å². The number of fused-ring (bicyclic) bond motifs is 1. The van der Waals surface area contributed by atoms with E-state index in [9.17, 15) is 4.79 Å². The molecule has 0 saturated heterocycles. The molecule has 5 aromatic rings. The van der Waals surface area contributed by atoms with Crippen molar-refractivity contribution in [2.75, 3.05) is 13.1 Å². The standard InChI is InChI=1S/C35H41ClFN9O/c1-22(38)4-2-5-24-18-28(32(37)29(36)19-24)31-20-26-21-46(35(47)45-33(26)44-31)27-9-7-25(8-10-27)30(42-14-3-15-43-34(39)40)11-6-23-12-16-41-17-13-23/h7-10,12-13,16-22,30,42H,2-6,11,14-15,38H2,1H3,(H4,39,40,43)(H,44,45,47)/t22-,30+/m0/s1. The van der Waals surface area contributed by atoms with Gasteiger partial charge in [-0.15, -0.1) is 0 Å². The molecule has 47 heavy (non-hydrogen) atoms. The summed E-state index contributed by atoms with van der Waals surface area (Å²) in [5, 5.41) is 4.34. The molecule has 0 aliphatic rings. The van der Waals surface area contributed by atoms with Crippen LogP contribution in [-0.4, -0.2) is 44.6 Å². The maximum Gasteiger partial charge on any atom is 0.354 e. The predicted octanol–water partition coefficient (Wildman–Crippen LogP) is 5.17. The van der Waals surface area contributed by atoms with Gasteiger partial charge in [0, 0.05) is 48.2 Å². The maximum atomic E-state index is 15.2. The summed E-state index contributed by atoms with van der Waals surface area (Å²) in [5.74, 6) is -0.438. The number of halogens is 2. The molecule has 0 spiro atoms. The average Bonchev–Trinajstić information content (AvgIpc) is 3.46. The number of aliphatic imine (C=N–C) groups is 1. The monoisotopic (exact) mass is 657 g/mol. The number of nitrogens with one attached hydrogen (secondary N) is 2. The molecule has 0 radical (unpaired) electrons. The van der Waals surface area contributed by atoms with E-state index in [1.807, 2.05) is 43.3 Å². The molecule has 12 heteroatoms. The Morgan fingerprint density at radius 3 is 2.53 bits per heavy atom. The number of rotatable bonds is 15. The van der Waals surface area contributed by atoms with E-state index in [0.29, 0.717) is 34.5 Å². The molecule has 0 saturated carbocycles. The number of aromatic amines is 1. The van der Waals surface area contributed by atoms with Crippen LogP contribution in [0.2, 0.25) is 5.02 Å². The first-order valence-corrected chi connectivity index (χ1v) is 16.2. The number of H-pyrrole nitrogens is 1. The molecule has 0 unspecified atom stereocenters. The lowest BCUT2D eigenvalue weighted by Gasteiger charge is -2.20. The summed E-state index contributed by atoms with van der Waals surface area (Å²) >= 11 is 6.27. The molecular weight excluding hydrogens is 617 g/mol. The fraction of sp³-hybridized carbons (Fsp3) is 0.314. The van der Waals surface area contributed by atoms with Gasteiger partial charge in [0.1, 0.15) is 5.65 Å². The third-order valence-electron chi connectivity index (χ3n) is 8.08. The zero-order valence-corrected chi connectivity index (χ0v) is 27.2. The predicted molar refractivity (Wildman–Crippen MR) is 187 cm³/mol. The summed E-state index contributed by atoms with van der Waals surface area (Å²) in [6.45, 7) is 3.24. The summed E-state index contributed by atoms with van der Waals surface area (Å²) in [5.41, 5.74) is 21.4. The Morgan fingerprint density at radius 2 is 1.81 bits per heavy atom. The SMILES string of the molecule is C[C@H](N)CCCc1cc(Cl)c(F)c(-c2cc3cn(-c4ccc([C@@H](CCc5ccncc5)NCCCN=C(N)N)cc4)c(=O)nc3[nH]2)c1. The molecule has 10 nitrogen and oxygen atoms in total.